The predicted octanol–water partition coefficient (Wildman–Crippen LogP) is 0.732. The number of hydrogen-bond acceptors (Lipinski definition) is 4. The molecule has 0 aliphatic carbocycles. The average molecular weight is 217 g/mol. The van der Waals surface area contributed by atoms with Crippen LogP contribution in [0.5, 0.6) is 0 Å². The van der Waals surface area contributed by atoms with Crippen molar-refractivity contribution >= 4 is 18.3 Å². The molecule has 0 aromatic heterocycles. The number of anilines is 1. The molecule has 1 rings (SSSR count). The lowest BCUT2D eigenvalue weighted by Crippen LogP contribution is -2.21. The molecule has 0 saturated heterocycles. The standard InChI is InChI=1S/C9H12FNO2S/c10-8-5(2-1-3-6(8)11)9(13)7(12)4-14/h1-3,7,9,12-14H,4,11H2. The number of nitrogens with two attached hydrogens (primary N) is 1. The molecule has 4 N–H and O–H groups in total. The Labute approximate surface area is 86.8 Å². The van der Waals surface area contributed by atoms with Gasteiger partial charge in [0.05, 0.1) is 11.8 Å². The van der Waals surface area contributed by atoms with Gasteiger partial charge in [-0.15, -0.1) is 0 Å². The fourth-order valence-electron chi connectivity index (χ4n) is 1.10. The Bertz CT molecular complexity index is 322. The van der Waals surface area contributed by atoms with Gasteiger partial charge in [0, 0.05) is 11.3 Å². The summed E-state index contributed by atoms with van der Waals surface area (Å²) in [7, 11) is 0. The summed E-state index contributed by atoms with van der Waals surface area (Å²) in [5, 5.41) is 18.8. The third kappa shape index (κ3) is 2.17. The lowest BCUT2D eigenvalue weighted by molar-refractivity contribution is 0.0316. The van der Waals surface area contributed by atoms with Gasteiger partial charge in [-0.3, -0.25) is 0 Å². The molecular weight excluding hydrogens is 205 g/mol. The first-order valence-electron chi connectivity index (χ1n) is 4.08. The summed E-state index contributed by atoms with van der Waals surface area (Å²) in [6.45, 7) is 0. The smallest absolute Gasteiger partial charge is 0.151 e. The van der Waals surface area contributed by atoms with Crippen LogP contribution in [0.4, 0.5) is 10.1 Å². The number of benzene rings is 1. The monoisotopic (exact) mass is 217 g/mol. The quantitative estimate of drug-likeness (QED) is 0.446. The van der Waals surface area contributed by atoms with Crippen LogP contribution in [0.15, 0.2) is 18.2 Å². The Balaban J connectivity index is 3.01. The molecule has 0 fully saturated rings. The molecule has 1 aromatic rings. The van der Waals surface area contributed by atoms with E-state index < -0.39 is 18.0 Å². The molecule has 14 heavy (non-hydrogen) atoms. The van der Waals surface area contributed by atoms with E-state index in [0.29, 0.717) is 0 Å². The Morgan fingerprint density at radius 3 is 2.64 bits per heavy atom. The number of rotatable bonds is 3. The maximum atomic E-state index is 13.3. The van der Waals surface area contributed by atoms with Crippen molar-refractivity contribution in [3.8, 4) is 0 Å². The van der Waals surface area contributed by atoms with Gasteiger partial charge in [0.25, 0.3) is 0 Å². The van der Waals surface area contributed by atoms with E-state index in [9.17, 15) is 14.6 Å². The lowest BCUT2D eigenvalue weighted by Gasteiger charge is -2.17. The molecule has 0 amide bonds. The average Bonchev–Trinajstić information content (AvgIpc) is 2.20. The SMILES string of the molecule is Nc1cccc(C(O)C(O)CS)c1F. The zero-order valence-corrected chi connectivity index (χ0v) is 8.29. The molecule has 2 atom stereocenters. The maximum Gasteiger partial charge on any atom is 0.151 e. The minimum atomic E-state index is -1.30. The zero-order chi connectivity index (χ0) is 10.7. The first-order chi connectivity index (χ1) is 6.57. The van der Waals surface area contributed by atoms with Gasteiger partial charge in [0.2, 0.25) is 0 Å². The highest BCUT2D eigenvalue weighted by molar-refractivity contribution is 7.80. The Morgan fingerprint density at radius 1 is 1.43 bits per heavy atom. The lowest BCUT2D eigenvalue weighted by atomic mass is 10.0. The Kier molecular flexibility index (Phi) is 3.74. The third-order valence-corrected chi connectivity index (χ3v) is 2.30. The summed E-state index contributed by atoms with van der Waals surface area (Å²) in [5.74, 6) is -0.643. The van der Waals surface area contributed by atoms with Crippen LogP contribution in [-0.4, -0.2) is 22.1 Å². The molecule has 0 bridgehead atoms. The van der Waals surface area contributed by atoms with Crippen molar-refractivity contribution < 1.29 is 14.6 Å². The van der Waals surface area contributed by atoms with Gasteiger partial charge in [-0.25, -0.2) is 4.39 Å². The molecule has 5 heteroatoms. The number of aliphatic hydroxyl groups is 2. The molecule has 1 aromatic carbocycles. The van der Waals surface area contributed by atoms with Gasteiger partial charge < -0.3 is 15.9 Å². The molecule has 0 saturated carbocycles. The van der Waals surface area contributed by atoms with Gasteiger partial charge in [0.15, 0.2) is 5.82 Å². The number of aliphatic hydroxyl groups excluding tert-OH is 2. The van der Waals surface area contributed by atoms with Crippen molar-refractivity contribution in [2.45, 2.75) is 12.2 Å². The fraction of sp³-hybridized carbons (Fsp3) is 0.333. The van der Waals surface area contributed by atoms with Crippen LogP contribution >= 0.6 is 12.6 Å². The number of nitrogen functional groups attached to an aromatic ring is 1. The van der Waals surface area contributed by atoms with E-state index >= 15 is 0 Å². The van der Waals surface area contributed by atoms with Crippen molar-refractivity contribution in [3.05, 3.63) is 29.6 Å². The predicted molar refractivity (Wildman–Crippen MR) is 55.6 cm³/mol. The van der Waals surface area contributed by atoms with Gasteiger partial charge in [0.1, 0.15) is 6.10 Å². The summed E-state index contributed by atoms with van der Waals surface area (Å²) in [4.78, 5) is 0. The highest BCUT2D eigenvalue weighted by Gasteiger charge is 2.21. The minimum absolute atomic E-state index is 0.00782. The van der Waals surface area contributed by atoms with Gasteiger partial charge >= 0.3 is 0 Å². The van der Waals surface area contributed by atoms with Gasteiger partial charge in [-0.05, 0) is 6.07 Å². The first kappa shape index (κ1) is 11.3. The molecule has 0 spiro atoms. The summed E-state index contributed by atoms with van der Waals surface area (Å²) in [5.41, 5.74) is 5.26. The second kappa shape index (κ2) is 4.63. The topological polar surface area (TPSA) is 66.5 Å². The van der Waals surface area contributed by atoms with Crippen LogP contribution in [0.3, 0.4) is 0 Å². The third-order valence-electron chi connectivity index (χ3n) is 1.93. The molecular formula is C9H12FNO2S. The number of thiol groups is 1. The van der Waals surface area contributed by atoms with E-state index in [1.165, 1.54) is 18.2 Å². The van der Waals surface area contributed by atoms with Crippen molar-refractivity contribution in [2.75, 3.05) is 11.5 Å². The van der Waals surface area contributed by atoms with Crippen LogP contribution in [0.1, 0.15) is 11.7 Å². The van der Waals surface area contributed by atoms with Gasteiger partial charge in [-0.2, -0.15) is 12.6 Å². The summed E-state index contributed by atoms with van der Waals surface area (Å²) in [6.07, 6.45) is -2.40. The van der Waals surface area contributed by atoms with Gasteiger partial charge in [-0.1, -0.05) is 12.1 Å². The van der Waals surface area contributed by atoms with Crippen LogP contribution in [0.25, 0.3) is 0 Å². The minimum Gasteiger partial charge on any atom is -0.396 e. The van der Waals surface area contributed by atoms with Crippen LogP contribution < -0.4 is 5.73 Å². The largest absolute Gasteiger partial charge is 0.396 e. The Morgan fingerprint density at radius 2 is 2.07 bits per heavy atom. The Hall–Kier alpha value is -0.780. The molecule has 0 radical (unpaired) electrons. The van der Waals surface area contributed by atoms with E-state index in [1.807, 2.05) is 0 Å². The van der Waals surface area contributed by atoms with Crippen LogP contribution in [0, 0.1) is 5.82 Å². The molecule has 0 heterocycles. The molecule has 2 unspecified atom stereocenters. The van der Waals surface area contributed by atoms with Crippen molar-refractivity contribution in [1.29, 1.82) is 0 Å². The van der Waals surface area contributed by atoms with E-state index in [-0.39, 0.29) is 17.0 Å². The van der Waals surface area contributed by atoms with Crippen LogP contribution in [-0.2, 0) is 0 Å². The zero-order valence-electron chi connectivity index (χ0n) is 7.39. The molecule has 3 nitrogen and oxygen atoms in total. The molecule has 0 aliphatic rings. The van der Waals surface area contributed by atoms with E-state index in [2.05, 4.69) is 12.6 Å². The van der Waals surface area contributed by atoms with E-state index in [1.54, 1.807) is 0 Å². The normalized spacial score (nSPS) is 15.1. The van der Waals surface area contributed by atoms with Crippen molar-refractivity contribution in [3.63, 3.8) is 0 Å². The fourth-order valence-corrected chi connectivity index (χ4v) is 1.30. The highest BCUT2D eigenvalue weighted by atomic mass is 32.1. The first-order valence-corrected chi connectivity index (χ1v) is 4.72. The summed E-state index contributed by atoms with van der Waals surface area (Å²) < 4.78 is 13.3. The molecule has 78 valence electrons. The maximum absolute atomic E-state index is 13.3. The van der Waals surface area contributed by atoms with E-state index in [4.69, 9.17) is 5.73 Å². The van der Waals surface area contributed by atoms with E-state index in [0.717, 1.165) is 0 Å². The number of hydrogen-bond donors (Lipinski definition) is 4. The summed E-state index contributed by atoms with van der Waals surface area (Å²) in [6, 6.07) is 4.28. The second-order valence-electron chi connectivity index (χ2n) is 2.95. The van der Waals surface area contributed by atoms with Crippen LogP contribution in [0.2, 0.25) is 0 Å². The van der Waals surface area contributed by atoms with Crippen molar-refractivity contribution in [1.82, 2.24) is 0 Å². The summed E-state index contributed by atoms with van der Waals surface area (Å²) >= 11 is 3.80. The second-order valence-corrected chi connectivity index (χ2v) is 3.31. The highest BCUT2D eigenvalue weighted by Crippen LogP contribution is 2.24. The molecule has 0 aliphatic heterocycles. The van der Waals surface area contributed by atoms with Crippen molar-refractivity contribution in [2.24, 2.45) is 0 Å². The number of halogens is 1.